The van der Waals surface area contributed by atoms with Gasteiger partial charge in [-0.2, -0.15) is 0 Å². The lowest BCUT2D eigenvalue weighted by molar-refractivity contribution is 1.76. The van der Waals surface area contributed by atoms with Crippen LogP contribution in [0, 0.1) is 0 Å². The first-order valence-corrected chi connectivity index (χ1v) is 3.95. The standard InChI is InChI=1S/C4H6Cl2Si/c1-2-3-7-4(5)6/h2-4H,1H3. The van der Waals surface area contributed by atoms with Crippen LogP contribution in [-0.2, 0) is 0 Å². The van der Waals surface area contributed by atoms with Gasteiger partial charge in [-0.3, -0.25) is 0 Å². The van der Waals surface area contributed by atoms with Gasteiger partial charge >= 0.3 is 0 Å². The van der Waals surface area contributed by atoms with Crippen LogP contribution < -0.4 is 0 Å². The fourth-order valence-corrected chi connectivity index (χ4v) is 0.943. The van der Waals surface area contributed by atoms with E-state index in [1.54, 1.807) is 0 Å². The molecule has 7 heavy (non-hydrogen) atoms. The van der Waals surface area contributed by atoms with Crippen LogP contribution in [0.1, 0.15) is 6.92 Å². The summed E-state index contributed by atoms with van der Waals surface area (Å²) < 4.78 is -0.212. The van der Waals surface area contributed by atoms with Gasteiger partial charge in [-0.15, -0.1) is 28.9 Å². The smallest absolute Gasteiger partial charge is 0.110 e. The molecule has 0 spiro atoms. The molecule has 0 aliphatic rings. The van der Waals surface area contributed by atoms with Crippen LogP contribution in [0.15, 0.2) is 11.8 Å². The molecule has 0 unspecified atom stereocenters. The van der Waals surface area contributed by atoms with E-state index < -0.39 is 0 Å². The minimum absolute atomic E-state index is 0.212. The molecule has 3 heteroatoms. The highest BCUT2D eigenvalue weighted by atomic mass is 35.5. The van der Waals surface area contributed by atoms with E-state index in [-0.39, 0.29) is 4.46 Å². The van der Waals surface area contributed by atoms with Crippen LogP contribution >= 0.6 is 23.2 Å². The lowest BCUT2D eigenvalue weighted by Gasteiger charge is -1.86. The maximum atomic E-state index is 5.38. The van der Waals surface area contributed by atoms with Crippen molar-refractivity contribution in [3.8, 4) is 0 Å². The molecule has 0 rings (SSSR count). The number of hydrogen-bond donors (Lipinski definition) is 0. The molecular weight excluding hydrogens is 147 g/mol. The van der Waals surface area contributed by atoms with Gasteiger partial charge < -0.3 is 0 Å². The molecule has 0 aromatic carbocycles. The Labute approximate surface area is 56.3 Å². The average molecular weight is 153 g/mol. The molecule has 0 amide bonds. The predicted octanol–water partition coefficient (Wildman–Crippen LogP) is 1.99. The Morgan fingerprint density at radius 2 is 2.14 bits per heavy atom. The zero-order valence-corrected chi connectivity index (χ0v) is 6.50. The van der Waals surface area contributed by atoms with E-state index in [2.05, 4.69) is 0 Å². The van der Waals surface area contributed by atoms with Crippen molar-refractivity contribution in [2.75, 3.05) is 0 Å². The molecule has 0 aromatic rings. The highest BCUT2D eigenvalue weighted by molar-refractivity contribution is 6.71. The number of hydrogen-bond acceptors (Lipinski definition) is 0. The van der Waals surface area contributed by atoms with Crippen molar-refractivity contribution >= 4 is 32.7 Å². The van der Waals surface area contributed by atoms with Gasteiger partial charge in [-0.1, -0.05) is 6.08 Å². The Morgan fingerprint density at radius 1 is 1.57 bits per heavy atom. The van der Waals surface area contributed by atoms with Crippen LogP contribution in [0.25, 0.3) is 0 Å². The summed E-state index contributed by atoms with van der Waals surface area (Å²) in [6.45, 7) is 1.95. The molecule has 0 saturated heterocycles. The second kappa shape index (κ2) is 4.69. The molecule has 0 saturated carbocycles. The summed E-state index contributed by atoms with van der Waals surface area (Å²) in [4.78, 5) is 0. The molecule has 2 radical (unpaired) electrons. The van der Waals surface area contributed by atoms with Crippen molar-refractivity contribution in [3.63, 3.8) is 0 Å². The molecular formula is C4H6Cl2Si. The minimum Gasteiger partial charge on any atom is -0.110 e. The Hall–Kier alpha value is 0.537. The second-order valence-corrected chi connectivity index (χ2v) is 4.04. The lowest BCUT2D eigenvalue weighted by Crippen LogP contribution is -1.95. The minimum atomic E-state index is -0.212. The molecule has 0 aliphatic heterocycles. The third kappa shape index (κ3) is 6.54. The van der Waals surface area contributed by atoms with E-state index in [0.29, 0.717) is 9.52 Å². The summed E-state index contributed by atoms with van der Waals surface area (Å²) in [6.07, 6.45) is 1.94. The fourth-order valence-electron chi connectivity index (χ4n) is 0.169. The van der Waals surface area contributed by atoms with Crippen molar-refractivity contribution in [1.29, 1.82) is 0 Å². The maximum Gasteiger partial charge on any atom is 0.114 e. The summed E-state index contributed by atoms with van der Waals surface area (Å²) in [5, 5.41) is 0. The summed E-state index contributed by atoms with van der Waals surface area (Å²) in [5.74, 6) is 0. The summed E-state index contributed by atoms with van der Waals surface area (Å²) in [5.41, 5.74) is 1.96. The first-order chi connectivity index (χ1) is 3.27. The highest BCUT2D eigenvalue weighted by Crippen LogP contribution is 1.97. The molecule has 40 valence electrons. The van der Waals surface area contributed by atoms with Crippen molar-refractivity contribution in [3.05, 3.63) is 11.8 Å². The van der Waals surface area contributed by atoms with Crippen molar-refractivity contribution in [1.82, 2.24) is 0 Å². The summed E-state index contributed by atoms with van der Waals surface area (Å²) in [7, 11) is 0.539. The number of allylic oxidation sites excluding steroid dienone is 1. The van der Waals surface area contributed by atoms with Gasteiger partial charge in [-0.05, 0) is 6.92 Å². The number of alkyl halides is 2. The highest BCUT2D eigenvalue weighted by Gasteiger charge is 1.92. The normalized spacial score (nSPS) is 11.4. The van der Waals surface area contributed by atoms with Crippen molar-refractivity contribution < 1.29 is 0 Å². The quantitative estimate of drug-likeness (QED) is 0.420. The molecule has 0 aromatic heterocycles. The molecule has 0 aliphatic carbocycles. The molecule has 0 nitrogen and oxygen atoms in total. The third-order valence-corrected chi connectivity index (χ3v) is 1.92. The van der Waals surface area contributed by atoms with Crippen LogP contribution in [0.2, 0.25) is 0 Å². The molecule has 0 atom stereocenters. The van der Waals surface area contributed by atoms with E-state index >= 15 is 0 Å². The van der Waals surface area contributed by atoms with Crippen LogP contribution in [-0.4, -0.2) is 14.0 Å². The fraction of sp³-hybridized carbons (Fsp3) is 0.500. The third-order valence-electron chi connectivity index (χ3n) is 0.389. The van der Waals surface area contributed by atoms with Gasteiger partial charge in [0.05, 0.1) is 4.46 Å². The maximum absolute atomic E-state index is 5.38. The molecule has 0 bridgehead atoms. The average Bonchev–Trinajstić information content (AvgIpc) is 1.61. The van der Waals surface area contributed by atoms with Gasteiger partial charge in [0.25, 0.3) is 0 Å². The van der Waals surface area contributed by atoms with E-state index in [0.717, 1.165) is 0 Å². The Morgan fingerprint density at radius 3 is 2.29 bits per heavy atom. The lowest BCUT2D eigenvalue weighted by atomic mass is 10.8. The Bertz CT molecular complexity index is 60.7. The summed E-state index contributed by atoms with van der Waals surface area (Å²) in [6, 6.07) is 0. The van der Waals surface area contributed by atoms with Crippen LogP contribution in [0.4, 0.5) is 0 Å². The van der Waals surface area contributed by atoms with Crippen molar-refractivity contribution in [2.24, 2.45) is 0 Å². The monoisotopic (exact) mass is 152 g/mol. The zero-order chi connectivity index (χ0) is 5.70. The second-order valence-electron chi connectivity index (χ2n) is 0.967. The van der Waals surface area contributed by atoms with Gasteiger partial charge in [0.2, 0.25) is 0 Å². The topological polar surface area (TPSA) is 0 Å². The number of halogens is 2. The largest absolute Gasteiger partial charge is 0.114 e. The Balaban J connectivity index is 2.97. The first kappa shape index (κ1) is 7.54. The van der Waals surface area contributed by atoms with E-state index in [9.17, 15) is 0 Å². The molecule has 0 N–H and O–H groups in total. The zero-order valence-electron chi connectivity index (χ0n) is 3.99. The van der Waals surface area contributed by atoms with Crippen LogP contribution in [0.3, 0.4) is 0 Å². The number of rotatable bonds is 2. The summed E-state index contributed by atoms with van der Waals surface area (Å²) >= 11 is 10.8. The predicted molar refractivity (Wildman–Crippen MR) is 36.1 cm³/mol. The van der Waals surface area contributed by atoms with Gasteiger partial charge in [-0.25, -0.2) is 0 Å². The van der Waals surface area contributed by atoms with Crippen molar-refractivity contribution in [2.45, 2.75) is 11.4 Å². The molecule has 0 fully saturated rings. The SMILES string of the molecule is CC=C[Si]C(Cl)Cl. The van der Waals surface area contributed by atoms with Crippen LogP contribution in [0.5, 0.6) is 0 Å². The Kier molecular flexibility index (Phi) is 5.05. The first-order valence-electron chi connectivity index (χ1n) is 1.92. The van der Waals surface area contributed by atoms with E-state index in [4.69, 9.17) is 23.2 Å². The van der Waals surface area contributed by atoms with Gasteiger partial charge in [0, 0.05) is 0 Å². The van der Waals surface area contributed by atoms with E-state index in [1.807, 2.05) is 18.7 Å². The molecule has 0 heterocycles. The van der Waals surface area contributed by atoms with Gasteiger partial charge in [0.1, 0.15) is 9.52 Å². The van der Waals surface area contributed by atoms with E-state index in [1.165, 1.54) is 0 Å². The van der Waals surface area contributed by atoms with Gasteiger partial charge in [0.15, 0.2) is 0 Å².